The van der Waals surface area contributed by atoms with Gasteiger partial charge in [-0.1, -0.05) is 6.07 Å². The molecule has 2 aromatic rings. The topological polar surface area (TPSA) is 101 Å². The minimum Gasteiger partial charge on any atom is -0.358 e. The van der Waals surface area contributed by atoms with Gasteiger partial charge in [-0.15, -0.1) is 0 Å². The zero-order valence-electron chi connectivity index (χ0n) is 13.5. The Morgan fingerprint density at radius 2 is 2.00 bits per heavy atom. The molecule has 0 bridgehead atoms. The average molecular weight is 353 g/mol. The summed E-state index contributed by atoms with van der Waals surface area (Å²) >= 11 is 0. The van der Waals surface area contributed by atoms with Crippen LogP contribution in [0.2, 0.25) is 0 Å². The van der Waals surface area contributed by atoms with Crippen LogP contribution >= 0.6 is 0 Å². The summed E-state index contributed by atoms with van der Waals surface area (Å²) in [6, 6.07) is 5.13. The number of nitrogens with zero attached hydrogens (tertiary/aromatic N) is 5. The lowest BCUT2D eigenvalue weighted by Gasteiger charge is -2.35. The molecule has 3 heterocycles. The van der Waals surface area contributed by atoms with Gasteiger partial charge in [-0.3, -0.25) is 0 Å². The van der Waals surface area contributed by atoms with E-state index in [2.05, 4.69) is 4.98 Å². The van der Waals surface area contributed by atoms with Gasteiger partial charge < -0.3 is 15.0 Å². The largest absolute Gasteiger partial charge is 0.372 e. The lowest BCUT2D eigenvalue weighted by molar-refractivity contribution is -0.389. The Labute approximate surface area is 139 Å². The SMILES string of the molecule is CN(C1CCN(c2nc3ccccn3c2[N+](=O)[O-])CC1)S(C)(=O)=O. The Kier molecular flexibility index (Phi) is 4.18. The molecule has 0 aromatic carbocycles. The van der Waals surface area contributed by atoms with Crippen LogP contribution < -0.4 is 4.90 Å². The van der Waals surface area contributed by atoms with E-state index in [1.165, 1.54) is 15.0 Å². The summed E-state index contributed by atoms with van der Waals surface area (Å²) in [4.78, 5) is 17.3. The van der Waals surface area contributed by atoms with Crippen molar-refractivity contribution in [2.24, 2.45) is 0 Å². The van der Waals surface area contributed by atoms with E-state index in [4.69, 9.17) is 0 Å². The normalized spacial score (nSPS) is 16.9. The number of anilines is 1. The van der Waals surface area contributed by atoms with Crippen LogP contribution in [0.15, 0.2) is 24.4 Å². The number of pyridine rings is 1. The molecule has 0 atom stereocenters. The minimum absolute atomic E-state index is 0.0551. The molecule has 0 unspecified atom stereocenters. The fourth-order valence-electron chi connectivity index (χ4n) is 3.06. The second-order valence-corrected chi connectivity index (χ2v) is 7.98. The summed E-state index contributed by atoms with van der Waals surface area (Å²) < 4.78 is 26.1. The Morgan fingerprint density at radius 1 is 1.33 bits per heavy atom. The molecule has 1 aliphatic rings. The zero-order valence-corrected chi connectivity index (χ0v) is 14.3. The molecular formula is C14H19N5O4S. The number of hydrogen-bond acceptors (Lipinski definition) is 6. The number of rotatable bonds is 4. The third-order valence-electron chi connectivity index (χ3n) is 4.46. The summed E-state index contributed by atoms with van der Waals surface area (Å²) in [5, 5.41) is 11.5. The van der Waals surface area contributed by atoms with Gasteiger partial charge in [0.25, 0.3) is 0 Å². The third-order valence-corrected chi connectivity index (χ3v) is 5.81. The summed E-state index contributed by atoms with van der Waals surface area (Å²) in [7, 11) is -1.67. The van der Waals surface area contributed by atoms with E-state index in [0.29, 0.717) is 37.4 Å². The van der Waals surface area contributed by atoms with Gasteiger partial charge in [-0.25, -0.2) is 12.7 Å². The summed E-state index contributed by atoms with van der Waals surface area (Å²) in [5.74, 6) is 0.284. The molecule has 0 saturated carbocycles. The summed E-state index contributed by atoms with van der Waals surface area (Å²) in [5.41, 5.74) is 0.523. The Bertz CT molecular complexity index is 870. The van der Waals surface area contributed by atoms with Crippen molar-refractivity contribution in [3.05, 3.63) is 34.5 Å². The van der Waals surface area contributed by atoms with Gasteiger partial charge in [0, 0.05) is 32.2 Å². The molecule has 1 aliphatic heterocycles. The maximum atomic E-state index is 11.7. The van der Waals surface area contributed by atoms with Crippen molar-refractivity contribution in [2.45, 2.75) is 18.9 Å². The number of fused-ring (bicyclic) bond motifs is 1. The first-order valence-electron chi connectivity index (χ1n) is 7.58. The molecule has 2 aromatic heterocycles. The number of sulfonamides is 1. The summed E-state index contributed by atoms with van der Waals surface area (Å²) in [6.07, 6.45) is 4.02. The average Bonchev–Trinajstić information content (AvgIpc) is 2.93. The van der Waals surface area contributed by atoms with E-state index >= 15 is 0 Å². The highest BCUT2D eigenvalue weighted by molar-refractivity contribution is 7.88. The van der Waals surface area contributed by atoms with Crippen molar-refractivity contribution in [1.29, 1.82) is 0 Å². The molecule has 0 amide bonds. The van der Waals surface area contributed by atoms with Gasteiger partial charge in [0.15, 0.2) is 0 Å². The van der Waals surface area contributed by atoms with E-state index in [1.54, 1.807) is 31.4 Å². The van der Waals surface area contributed by atoms with Crippen LogP contribution in [0.25, 0.3) is 5.65 Å². The van der Waals surface area contributed by atoms with Crippen LogP contribution in [0.4, 0.5) is 11.6 Å². The Hall–Kier alpha value is -2.20. The third kappa shape index (κ3) is 2.94. The Balaban J connectivity index is 1.86. The predicted octanol–water partition coefficient (Wildman–Crippen LogP) is 1.10. The van der Waals surface area contributed by atoms with E-state index in [9.17, 15) is 18.5 Å². The molecular weight excluding hydrogens is 334 g/mol. The molecule has 10 heteroatoms. The molecule has 24 heavy (non-hydrogen) atoms. The molecule has 0 N–H and O–H groups in total. The fourth-order valence-corrected chi connectivity index (χ4v) is 3.82. The highest BCUT2D eigenvalue weighted by atomic mass is 32.2. The first kappa shape index (κ1) is 16.7. The summed E-state index contributed by atoms with van der Waals surface area (Å²) in [6.45, 7) is 1.05. The lowest BCUT2D eigenvalue weighted by atomic mass is 10.1. The monoisotopic (exact) mass is 353 g/mol. The van der Waals surface area contributed by atoms with E-state index in [1.807, 2.05) is 4.90 Å². The van der Waals surface area contributed by atoms with Gasteiger partial charge in [0.1, 0.15) is 0 Å². The molecule has 0 spiro atoms. The van der Waals surface area contributed by atoms with E-state index < -0.39 is 14.9 Å². The van der Waals surface area contributed by atoms with Crippen molar-refractivity contribution in [1.82, 2.24) is 13.7 Å². The van der Waals surface area contributed by atoms with Crippen LogP contribution in [0.5, 0.6) is 0 Å². The number of aromatic nitrogens is 2. The fraction of sp³-hybridized carbons (Fsp3) is 0.500. The highest BCUT2D eigenvalue weighted by Gasteiger charge is 2.32. The van der Waals surface area contributed by atoms with E-state index in [0.717, 1.165) is 0 Å². The molecule has 130 valence electrons. The molecule has 3 rings (SSSR count). The van der Waals surface area contributed by atoms with Gasteiger partial charge in [0.05, 0.1) is 12.5 Å². The molecule has 1 fully saturated rings. The Morgan fingerprint density at radius 3 is 2.58 bits per heavy atom. The maximum Gasteiger partial charge on any atom is 0.372 e. The van der Waals surface area contributed by atoms with Gasteiger partial charge >= 0.3 is 5.82 Å². The molecule has 0 radical (unpaired) electrons. The number of imidazole rings is 1. The van der Waals surface area contributed by atoms with Crippen LogP contribution in [0, 0.1) is 10.1 Å². The number of nitro groups is 1. The molecule has 1 saturated heterocycles. The van der Waals surface area contributed by atoms with Crippen molar-refractivity contribution >= 4 is 27.3 Å². The maximum absolute atomic E-state index is 11.7. The molecule has 0 aliphatic carbocycles. The smallest absolute Gasteiger partial charge is 0.358 e. The quantitative estimate of drug-likeness (QED) is 0.603. The highest BCUT2D eigenvalue weighted by Crippen LogP contribution is 2.31. The van der Waals surface area contributed by atoms with Crippen LogP contribution in [-0.2, 0) is 10.0 Å². The second-order valence-electron chi connectivity index (χ2n) is 5.94. The predicted molar refractivity (Wildman–Crippen MR) is 89.7 cm³/mol. The number of hydrogen-bond donors (Lipinski definition) is 0. The van der Waals surface area contributed by atoms with Gasteiger partial charge in [-0.2, -0.15) is 9.38 Å². The van der Waals surface area contributed by atoms with Crippen molar-refractivity contribution in [2.75, 3.05) is 31.3 Å². The first-order chi connectivity index (χ1) is 11.3. The van der Waals surface area contributed by atoms with Crippen molar-refractivity contribution in [3.8, 4) is 0 Å². The number of piperidine rings is 1. The van der Waals surface area contributed by atoms with Gasteiger partial charge in [0.2, 0.25) is 21.5 Å². The lowest BCUT2D eigenvalue weighted by Crippen LogP contribution is -2.45. The van der Waals surface area contributed by atoms with Crippen molar-refractivity contribution in [3.63, 3.8) is 0 Å². The molecule has 9 nitrogen and oxygen atoms in total. The van der Waals surface area contributed by atoms with E-state index in [-0.39, 0.29) is 11.9 Å². The van der Waals surface area contributed by atoms with Crippen molar-refractivity contribution < 1.29 is 13.3 Å². The van der Waals surface area contributed by atoms with Crippen LogP contribution in [0.3, 0.4) is 0 Å². The van der Waals surface area contributed by atoms with Crippen LogP contribution in [-0.4, -0.2) is 59.5 Å². The van der Waals surface area contributed by atoms with Gasteiger partial charge in [-0.05, 0) is 23.8 Å². The standard InChI is InChI=1S/C14H19N5O4S/c1-16(24(2,22)23)11-6-9-17(10-7-11)13-14(19(20)21)18-8-4-3-5-12(18)15-13/h3-5,8,11H,6-7,9-10H2,1-2H3. The minimum atomic E-state index is -3.24. The zero-order chi connectivity index (χ0) is 17.5. The second kappa shape index (κ2) is 6.02. The van der Waals surface area contributed by atoms with Crippen LogP contribution in [0.1, 0.15) is 12.8 Å². The first-order valence-corrected chi connectivity index (χ1v) is 9.43.